The highest BCUT2D eigenvalue weighted by atomic mass is 16.6. The van der Waals surface area contributed by atoms with Gasteiger partial charge in [-0.1, -0.05) is 60.7 Å². The van der Waals surface area contributed by atoms with Crippen molar-refractivity contribution in [3.05, 3.63) is 71.8 Å². The normalized spacial score (nSPS) is 19.8. The second-order valence-corrected chi connectivity index (χ2v) is 6.41. The van der Waals surface area contributed by atoms with E-state index in [9.17, 15) is 14.4 Å². The number of hydrogen-bond donors (Lipinski definition) is 0. The first-order valence-electron chi connectivity index (χ1n) is 9.07. The lowest BCUT2D eigenvalue weighted by atomic mass is 9.97. The summed E-state index contributed by atoms with van der Waals surface area (Å²) in [6.45, 7) is 3.58. The van der Waals surface area contributed by atoms with Crippen molar-refractivity contribution in [2.75, 3.05) is 13.2 Å². The lowest BCUT2D eigenvalue weighted by Gasteiger charge is -2.15. The van der Waals surface area contributed by atoms with Crippen molar-refractivity contribution in [2.45, 2.75) is 19.8 Å². The van der Waals surface area contributed by atoms with Gasteiger partial charge in [0.1, 0.15) is 0 Å². The predicted octanol–water partition coefficient (Wildman–Crippen LogP) is 3.40. The van der Waals surface area contributed by atoms with Crippen LogP contribution in [0.5, 0.6) is 0 Å². The lowest BCUT2D eigenvalue weighted by Crippen LogP contribution is -2.34. The van der Waals surface area contributed by atoms with E-state index in [1.54, 1.807) is 38.1 Å². The Bertz CT molecular complexity index is 810. The van der Waals surface area contributed by atoms with Crippen molar-refractivity contribution in [3.8, 4) is 0 Å². The Morgan fingerprint density at radius 1 is 0.815 bits per heavy atom. The van der Waals surface area contributed by atoms with Crippen LogP contribution in [-0.2, 0) is 19.1 Å². The molecule has 2 unspecified atom stereocenters. The van der Waals surface area contributed by atoms with Gasteiger partial charge in [0.15, 0.2) is 11.2 Å². The van der Waals surface area contributed by atoms with Crippen LogP contribution >= 0.6 is 0 Å². The number of carbonyl (C=O) groups excluding carboxylic acids is 3. The van der Waals surface area contributed by atoms with Crippen molar-refractivity contribution in [2.24, 2.45) is 11.3 Å². The van der Waals surface area contributed by atoms with Gasteiger partial charge in [0, 0.05) is 11.5 Å². The Morgan fingerprint density at radius 2 is 1.30 bits per heavy atom. The maximum absolute atomic E-state index is 13.2. The zero-order chi connectivity index (χ0) is 19.4. The second-order valence-electron chi connectivity index (χ2n) is 6.41. The SMILES string of the molecule is CCOC(=O)C1(C(=O)OCC)C(C(=O)c2ccccc2)C1c1ccccc1. The molecule has 27 heavy (non-hydrogen) atoms. The predicted molar refractivity (Wildman–Crippen MR) is 99.1 cm³/mol. The van der Waals surface area contributed by atoms with E-state index in [2.05, 4.69) is 0 Å². The molecule has 0 bridgehead atoms. The van der Waals surface area contributed by atoms with E-state index in [4.69, 9.17) is 9.47 Å². The zero-order valence-corrected chi connectivity index (χ0v) is 15.4. The van der Waals surface area contributed by atoms with Crippen molar-refractivity contribution in [1.82, 2.24) is 0 Å². The van der Waals surface area contributed by atoms with E-state index in [-0.39, 0.29) is 19.0 Å². The summed E-state index contributed by atoms with van der Waals surface area (Å²) >= 11 is 0. The molecule has 1 aliphatic rings. The number of ether oxygens (including phenoxy) is 2. The summed E-state index contributed by atoms with van der Waals surface area (Å²) in [6.07, 6.45) is 0. The molecule has 0 amide bonds. The average molecular weight is 366 g/mol. The molecule has 2 atom stereocenters. The fraction of sp³-hybridized carbons (Fsp3) is 0.318. The fourth-order valence-corrected chi connectivity index (χ4v) is 3.74. The van der Waals surface area contributed by atoms with Gasteiger partial charge >= 0.3 is 11.9 Å². The van der Waals surface area contributed by atoms with Crippen molar-refractivity contribution in [3.63, 3.8) is 0 Å². The number of benzene rings is 2. The number of Topliss-reactive ketones (excluding diaryl/α,β-unsaturated/α-hetero) is 1. The number of rotatable bonds is 7. The standard InChI is InChI=1S/C22H22O5/c1-3-26-20(24)22(21(25)27-4-2)17(15-11-7-5-8-12-15)18(22)19(23)16-13-9-6-10-14-16/h5-14,17-18H,3-4H2,1-2H3. The van der Waals surface area contributed by atoms with Gasteiger partial charge in [0.25, 0.3) is 0 Å². The highest BCUT2D eigenvalue weighted by molar-refractivity contribution is 6.16. The Hall–Kier alpha value is -2.95. The van der Waals surface area contributed by atoms with Crippen LogP contribution in [0.4, 0.5) is 0 Å². The third-order valence-corrected chi connectivity index (χ3v) is 4.93. The minimum Gasteiger partial charge on any atom is -0.465 e. The number of carbonyl (C=O) groups is 3. The minimum atomic E-state index is -1.64. The molecule has 0 radical (unpaired) electrons. The van der Waals surface area contributed by atoms with Crippen LogP contribution in [-0.4, -0.2) is 30.9 Å². The molecule has 3 rings (SSSR count). The highest BCUT2D eigenvalue weighted by Gasteiger charge is 2.79. The molecule has 2 aromatic rings. The Morgan fingerprint density at radius 3 is 1.78 bits per heavy atom. The lowest BCUT2D eigenvalue weighted by molar-refractivity contribution is -0.165. The summed E-state index contributed by atoms with van der Waals surface area (Å²) in [5, 5.41) is 0. The van der Waals surface area contributed by atoms with Crippen molar-refractivity contribution in [1.29, 1.82) is 0 Å². The summed E-state index contributed by atoms with van der Waals surface area (Å²) < 4.78 is 10.4. The van der Waals surface area contributed by atoms with Crippen LogP contribution in [0, 0.1) is 11.3 Å². The van der Waals surface area contributed by atoms with E-state index < -0.39 is 29.2 Å². The van der Waals surface area contributed by atoms with Gasteiger partial charge in [0.2, 0.25) is 0 Å². The first kappa shape index (κ1) is 18.8. The first-order valence-corrected chi connectivity index (χ1v) is 9.07. The maximum atomic E-state index is 13.2. The molecule has 0 heterocycles. The summed E-state index contributed by atoms with van der Waals surface area (Å²) in [5.74, 6) is -3.12. The van der Waals surface area contributed by atoms with E-state index in [1.807, 2.05) is 36.4 Å². The van der Waals surface area contributed by atoms with Gasteiger partial charge in [-0.25, -0.2) is 0 Å². The Kier molecular flexibility index (Phi) is 5.40. The van der Waals surface area contributed by atoms with Crippen molar-refractivity contribution < 1.29 is 23.9 Å². The molecule has 1 fully saturated rings. The van der Waals surface area contributed by atoms with Crippen LogP contribution in [0.15, 0.2) is 60.7 Å². The molecule has 0 aromatic heterocycles. The first-order chi connectivity index (χ1) is 13.1. The Labute approximate surface area is 158 Å². The molecule has 0 saturated heterocycles. The van der Waals surface area contributed by atoms with Crippen LogP contribution < -0.4 is 0 Å². The highest BCUT2D eigenvalue weighted by Crippen LogP contribution is 2.67. The molecule has 0 spiro atoms. The monoisotopic (exact) mass is 366 g/mol. The van der Waals surface area contributed by atoms with E-state index in [1.165, 1.54) is 0 Å². The summed E-state index contributed by atoms with van der Waals surface area (Å²) in [4.78, 5) is 39.0. The molecular formula is C22H22O5. The third-order valence-electron chi connectivity index (χ3n) is 4.93. The molecule has 5 nitrogen and oxygen atoms in total. The van der Waals surface area contributed by atoms with Gasteiger partial charge in [-0.05, 0) is 19.4 Å². The largest absolute Gasteiger partial charge is 0.465 e. The summed E-state index contributed by atoms with van der Waals surface area (Å²) in [7, 11) is 0. The van der Waals surface area contributed by atoms with Gasteiger partial charge in [0.05, 0.1) is 19.1 Å². The molecule has 1 saturated carbocycles. The maximum Gasteiger partial charge on any atom is 0.324 e. The molecule has 140 valence electrons. The van der Waals surface area contributed by atoms with Crippen LogP contribution in [0.1, 0.15) is 35.7 Å². The number of hydrogen-bond acceptors (Lipinski definition) is 5. The van der Waals surface area contributed by atoms with Gasteiger partial charge in [-0.3, -0.25) is 14.4 Å². The van der Waals surface area contributed by atoms with E-state index >= 15 is 0 Å². The minimum absolute atomic E-state index is 0.119. The van der Waals surface area contributed by atoms with Crippen LogP contribution in [0.3, 0.4) is 0 Å². The van der Waals surface area contributed by atoms with E-state index in [0.29, 0.717) is 5.56 Å². The summed E-state index contributed by atoms with van der Waals surface area (Å²) in [5.41, 5.74) is -0.438. The molecular weight excluding hydrogens is 344 g/mol. The van der Waals surface area contributed by atoms with Crippen LogP contribution in [0.25, 0.3) is 0 Å². The number of esters is 2. The third kappa shape index (κ3) is 3.14. The number of ketones is 1. The topological polar surface area (TPSA) is 69.7 Å². The molecule has 0 aliphatic heterocycles. The van der Waals surface area contributed by atoms with Crippen molar-refractivity contribution >= 4 is 17.7 Å². The average Bonchev–Trinajstić information content (AvgIpc) is 3.40. The molecule has 0 N–H and O–H groups in total. The smallest absolute Gasteiger partial charge is 0.324 e. The summed E-state index contributed by atoms with van der Waals surface area (Å²) in [6, 6.07) is 17.8. The van der Waals surface area contributed by atoms with Gasteiger partial charge < -0.3 is 9.47 Å². The second kappa shape index (κ2) is 7.74. The van der Waals surface area contributed by atoms with Crippen LogP contribution in [0.2, 0.25) is 0 Å². The fourth-order valence-electron chi connectivity index (χ4n) is 3.74. The molecule has 5 heteroatoms. The zero-order valence-electron chi connectivity index (χ0n) is 15.4. The molecule has 1 aliphatic carbocycles. The van der Waals surface area contributed by atoms with E-state index in [0.717, 1.165) is 5.56 Å². The molecule has 2 aromatic carbocycles. The van der Waals surface area contributed by atoms with Gasteiger partial charge in [-0.15, -0.1) is 0 Å². The Balaban J connectivity index is 2.10. The quantitative estimate of drug-likeness (QED) is 0.427. The van der Waals surface area contributed by atoms with Gasteiger partial charge in [-0.2, -0.15) is 0 Å².